The molecule has 8 heterocycles. The van der Waals surface area contributed by atoms with Gasteiger partial charge in [0.15, 0.2) is 5.82 Å². The number of hydrogen-bond donors (Lipinski definition) is 2. The van der Waals surface area contributed by atoms with E-state index in [1.807, 2.05) is 49.7 Å². The zero-order chi connectivity index (χ0) is 50.7. The predicted molar refractivity (Wildman–Crippen MR) is 268 cm³/mol. The standard InChI is InChI=1S/C54H61F3N10O5/c1-32-27-63(28-34-6-7-45-39(22-34)54(2,3)53(72)67(45)46-8-9-47(68)60-51(46)70)20-21-65(32)29-33-11-18-64(19-12-33)52(71)36-23-40(55)49(41(56)24-36)35-13-16-62(17-14-35)30-37-25-38-44(10-15-59-50(38)61(37)5)66-31-42(57)43(58-4)26-48(66)69/h6-7,10,13,15,22-26,31-33,46,58H,8-9,11-12,14,16-21,27-30H2,1-5H3,(H,60,68,70)/t32-,46+/m0/s1. The number of pyridine rings is 2. The van der Waals surface area contributed by atoms with Crippen LogP contribution in [0.1, 0.15) is 85.6 Å². The third-order valence-corrected chi connectivity index (χ3v) is 15.7. The zero-order valence-corrected chi connectivity index (χ0v) is 41.4. The Hall–Kier alpha value is -6.63. The van der Waals surface area contributed by atoms with Crippen molar-refractivity contribution in [1.82, 2.24) is 39.0 Å². The number of amides is 4. The van der Waals surface area contributed by atoms with Crippen LogP contribution in [-0.2, 0) is 39.9 Å². The van der Waals surface area contributed by atoms with Gasteiger partial charge in [-0.1, -0.05) is 18.2 Å². The summed E-state index contributed by atoms with van der Waals surface area (Å²) < 4.78 is 49.6. The number of nitrogens with zero attached hydrogens (tertiary/aromatic N) is 8. The molecule has 5 aromatic rings. The molecule has 4 amide bonds. The molecule has 72 heavy (non-hydrogen) atoms. The molecular weight excluding hydrogens is 926 g/mol. The fourth-order valence-corrected chi connectivity index (χ4v) is 11.6. The lowest BCUT2D eigenvalue weighted by Gasteiger charge is -2.42. The first kappa shape index (κ1) is 49.0. The van der Waals surface area contributed by atoms with Crippen molar-refractivity contribution in [1.29, 1.82) is 0 Å². The van der Waals surface area contributed by atoms with Crippen LogP contribution in [0.4, 0.5) is 24.5 Å². The molecule has 5 aliphatic heterocycles. The average molecular weight is 987 g/mol. The quantitative estimate of drug-likeness (QED) is 0.152. The zero-order valence-electron chi connectivity index (χ0n) is 41.4. The summed E-state index contributed by atoms with van der Waals surface area (Å²) in [4.78, 5) is 79.8. The van der Waals surface area contributed by atoms with Crippen LogP contribution in [-0.4, -0.2) is 129 Å². The molecule has 10 rings (SSSR count). The van der Waals surface area contributed by atoms with Gasteiger partial charge in [0.2, 0.25) is 17.7 Å². The fourth-order valence-electron chi connectivity index (χ4n) is 11.6. The van der Waals surface area contributed by atoms with E-state index >= 15 is 8.78 Å². The van der Waals surface area contributed by atoms with E-state index in [0.717, 1.165) is 74.3 Å². The summed E-state index contributed by atoms with van der Waals surface area (Å²) in [5.74, 6) is -2.94. The minimum absolute atomic E-state index is 0.00637. The number of aryl methyl sites for hydroxylation is 1. The van der Waals surface area contributed by atoms with Crippen molar-refractivity contribution in [2.24, 2.45) is 13.0 Å². The van der Waals surface area contributed by atoms with Gasteiger partial charge in [-0.05, 0) is 99.4 Å². The number of carbonyl (C=O) groups is 4. The fraction of sp³-hybridized carbons (Fsp3) is 0.444. The first-order chi connectivity index (χ1) is 34.5. The molecule has 3 aromatic heterocycles. The Morgan fingerprint density at radius 3 is 2.32 bits per heavy atom. The van der Waals surface area contributed by atoms with Crippen LogP contribution >= 0.6 is 0 Å². The van der Waals surface area contributed by atoms with E-state index in [1.54, 1.807) is 29.1 Å². The summed E-state index contributed by atoms with van der Waals surface area (Å²) in [7, 11) is 3.43. The Labute approximate surface area is 416 Å². The molecule has 0 saturated carbocycles. The predicted octanol–water partition coefficient (Wildman–Crippen LogP) is 5.96. The van der Waals surface area contributed by atoms with Crippen molar-refractivity contribution in [3.8, 4) is 5.69 Å². The van der Waals surface area contributed by atoms with E-state index in [0.29, 0.717) is 79.8 Å². The minimum Gasteiger partial charge on any atom is -0.386 e. The van der Waals surface area contributed by atoms with Gasteiger partial charge in [0, 0.05) is 132 Å². The second-order valence-electron chi connectivity index (χ2n) is 20.7. The number of carbonyl (C=O) groups excluding carboxylic acids is 4. The molecule has 2 aromatic carbocycles. The minimum atomic E-state index is -0.804. The molecule has 15 nitrogen and oxygen atoms in total. The molecule has 0 unspecified atom stereocenters. The Kier molecular flexibility index (Phi) is 13.2. The summed E-state index contributed by atoms with van der Waals surface area (Å²) >= 11 is 0. The van der Waals surface area contributed by atoms with Gasteiger partial charge in [-0.25, -0.2) is 18.2 Å². The first-order valence-corrected chi connectivity index (χ1v) is 25.0. The van der Waals surface area contributed by atoms with E-state index in [4.69, 9.17) is 0 Å². The van der Waals surface area contributed by atoms with Gasteiger partial charge in [0.25, 0.3) is 11.5 Å². The number of imide groups is 1. The topological polar surface area (TPSA) is 148 Å². The lowest BCUT2D eigenvalue weighted by Crippen LogP contribution is -2.55. The normalized spacial score (nSPS) is 21.3. The largest absolute Gasteiger partial charge is 0.386 e. The Bertz CT molecular complexity index is 3080. The number of anilines is 2. The SMILES string of the molecule is CNc1cc(=O)n(-c2ccnc3c2cc(CN2CC=C(c4c(F)cc(C(=O)N5CCC(CN6CCN(Cc7ccc8c(c7)C(C)(C)C(=O)N8[C@@H]7CCC(=O)NC7=O)C[C@@H]6C)CC5)cc4F)CC2)n3C)cc1F. The van der Waals surface area contributed by atoms with Crippen molar-refractivity contribution in [2.45, 2.75) is 83.5 Å². The van der Waals surface area contributed by atoms with Crippen molar-refractivity contribution >= 4 is 51.6 Å². The second kappa shape index (κ2) is 19.4. The molecule has 3 fully saturated rings. The number of halogens is 3. The Balaban J connectivity index is 0.710. The van der Waals surface area contributed by atoms with Crippen LogP contribution in [0.5, 0.6) is 0 Å². The van der Waals surface area contributed by atoms with E-state index in [-0.39, 0.29) is 46.5 Å². The van der Waals surface area contributed by atoms with Gasteiger partial charge < -0.3 is 14.8 Å². The van der Waals surface area contributed by atoms with Gasteiger partial charge in [-0.15, -0.1) is 0 Å². The number of hydrogen-bond acceptors (Lipinski definition) is 10. The molecule has 0 bridgehead atoms. The molecule has 378 valence electrons. The van der Waals surface area contributed by atoms with Gasteiger partial charge in [-0.3, -0.25) is 53.5 Å². The molecule has 0 spiro atoms. The highest BCUT2D eigenvalue weighted by Crippen LogP contribution is 2.44. The second-order valence-corrected chi connectivity index (χ2v) is 20.7. The number of aromatic nitrogens is 3. The summed E-state index contributed by atoms with van der Waals surface area (Å²) in [6.07, 6.45) is 7.07. The van der Waals surface area contributed by atoms with Crippen molar-refractivity contribution < 1.29 is 32.3 Å². The molecule has 3 saturated heterocycles. The average Bonchev–Trinajstić information content (AvgIpc) is 3.77. The number of piperidine rings is 2. The lowest BCUT2D eigenvalue weighted by molar-refractivity contribution is -0.136. The summed E-state index contributed by atoms with van der Waals surface area (Å²) in [5.41, 5.74) is 4.12. The van der Waals surface area contributed by atoms with Crippen LogP contribution < -0.4 is 21.1 Å². The molecular formula is C54H61F3N10O5. The molecule has 0 radical (unpaired) electrons. The maximum Gasteiger partial charge on any atom is 0.257 e. The number of nitrogens with one attached hydrogen (secondary N) is 2. The van der Waals surface area contributed by atoms with Crippen LogP contribution in [0, 0.1) is 23.4 Å². The van der Waals surface area contributed by atoms with Crippen LogP contribution in [0.15, 0.2) is 71.8 Å². The van der Waals surface area contributed by atoms with Gasteiger partial charge in [0.05, 0.1) is 23.0 Å². The number of rotatable bonds is 11. The van der Waals surface area contributed by atoms with E-state index in [1.165, 1.54) is 22.8 Å². The van der Waals surface area contributed by atoms with Gasteiger partial charge in [-0.2, -0.15) is 0 Å². The van der Waals surface area contributed by atoms with Crippen LogP contribution in [0.25, 0.3) is 22.3 Å². The molecule has 0 aliphatic carbocycles. The highest BCUT2D eigenvalue weighted by Gasteiger charge is 2.49. The monoisotopic (exact) mass is 986 g/mol. The number of likely N-dealkylation sites (tertiary alicyclic amines) is 1. The van der Waals surface area contributed by atoms with Crippen LogP contribution in [0.2, 0.25) is 0 Å². The molecule has 18 heteroatoms. The molecule has 2 atom stereocenters. The third kappa shape index (κ3) is 9.12. The number of fused-ring (bicyclic) bond motifs is 2. The third-order valence-electron chi connectivity index (χ3n) is 15.7. The lowest BCUT2D eigenvalue weighted by atomic mass is 9.85. The van der Waals surface area contributed by atoms with Crippen LogP contribution in [0.3, 0.4) is 0 Å². The Morgan fingerprint density at radius 2 is 1.62 bits per heavy atom. The summed E-state index contributed by atoms with van der Waals surface area (Å²) in [6.45, 7) is 12.8. The molecule has 2 N–H and O–H groups in total. The van der Waals surface area contributed by atoms with E-state index in [9.17, 15) is 28.4 Å². The summed E-state index contributed by atoms with van der Waals surface area (Å²) in [5, 5.41) is 5.77. The highest BCUT2D eigenvalue weighted by molar-refractivity contribution is 6.13. The summed E-state index contributed by atoms with van der Waals surface area (Å²) in [6, 6.07) is 12.8. The number of piperazine rings is 1. The smallest absolute Gasteiger partial charge is 0.257 e. The number of benzene rings is 2. The maximum absolute atomic E-state index is 15.8. The van der Waals surface area contributed by atoms with Crippen molar-refractivity contribution in [3.63, 3.8) is 0 Å². The maximum atomic E-state index is 15.8. The van der Waals surface area contributed by atoms with Gasteiger partial charge >= 0.3 is 0 Å². The van der Waals surface area contributed by atoms with E-state index < -0.39 is 34.8 Å². The highest BCUT2D eigenvalue weighted by atomic mass is 19.1. The van der Waals surface area contributed by atoms with Gasteiger partial charge in [0.1, 0.15) is 23.3 Å². The van der Waals surface area contributed by atoms with E-state index in [2.05, 4.69) is 43.3 Å². The molecule has 5 aliphatic rings. The Morgan fingerprint density at radius 1 is 0.861 bits per heavy atom. The van der Waals surface area contributed by atoms with Crippen molar-refractivity contribution in [3.05, 3.63) is 123 Å². The first-order valence-electron chi connectivity index (χ1n) is 25.0. The van der Waals surface area contributed by atoms with Crippen molar-refractivity contribution in [2.75, 3.05) is 69.6 Å².